The highest BCUT2D eigenvalue weighted by Gasteiger charge is 2.20. The molecule has 0 saturated carbocycles. The largest absolute Gasteiger partial charge is 0.485 e. The second-order valence-electron chi connectivity index (χ2n) is 8.79. The van der Waals surface area contributed by atoms with E-state index in [1.165, 1.54) is 12.8 Å². The van der Waals surface area contributed by atoms with Crippen molar-refractivity contribution < 1.29 is 14.3 Å². The van der Waals surface area contributed by atoms with E-state index in [0.717, 1.165) is 35.8 Å². The van der Waals surface area contributed by atoms with Crippen LogP contribution in [-0.4, -0.2) is 34.6 Å². The summed E-state index contributed by atoms with van der Waals surface area (Å²) in [5.41, 5.74) is 1.76. The van der Waals surface area contributed by atoms with Crippen molar-refractivity contribution in [2.45, 2.75) is 72.1 Å². The number of benzene rings is 1. The van der Waals surface area contributed by atoms with Gasteiger partial charge in [0.1, 0.15) is 18.0 Å². The Balaban J connectivity index is 0.000000523. The molecule has 1 fully saturated rings. The lowest BCUT2D eigenvalue weighted by atomic mass is 9.90. The molecule has 2 atom stereocenters. The van der Waals surface area contributed by atoms with Gasteiger partial charge >= 0.3 is 0 Å². The molecule has 3 rings (SSSR count). The van der Waals surface area contributed by atoms with Crippen LogP contribution in [0.3, 0.4) is 0 Å². The number of aryl methyl sites for hydroxylation is 1. The van der Waals surface area contributed by atoms with Crippen molar-refractivity contribution in [2.75, 3.05) is 6.54 Å². The average Bonchev–Trinajstić information content (AvgIpc) is 2.68. The van der Waals surface area contributed by atoms with Gasteiger partial charge in [0.2, 0.25) is 0 Å². The minimum atomic E-state index is -0.318. The first-order valence-corrected chi connectivity index (χ1v) is 10.6. The van der Waals surface area contributed by atoms with Gasteiger partial charge in [0.05, 0.1) is 11.9 Å². The highest BCUT2D eigenvalue weighted by Crippen LogP contribution is 2.21. The van der Waals surface area contributed by atoms with Crippen LogP contribution in [0.1, 0.15) is 57.6 Å². The van der Waals surface area contributed by atoms with Gasteiger partial charge in [-0.1, -0.05) is 30.3 Å². The summed E-state index contributed by atoms with van der Waals surface area (Å²) >= 11 is 0. The molecule has 7 heteroatoms. The highest BCUT2D eigenvalue weighted by molar-refractivity contribution is 5.85. The third-order valence-electron chi connectivity index (χ3n) is 4.83. The van der Waals surface area contributed by atoms with E-state index in [4.69, 9.17) is 4.74 Å². The molecule has 0 bridgehead atoms. The standard InChI is InChI=1S/C19H25N3O.C5H10O2.ClH/c1-14-10-17(8-9-20-14)11-19-21-12-18(15(2)22-19)23-13-16-6-4-3-5-7-16;1-5(2,3)7-4-6;/h3-7,12,14,17,20H,8-11,13H2,1-2H3;4H,1-3H3;1H. The van der Waals surface area contributed by atoms with Crippen molar-refractivity contribution >= 4 is 18.9 Å². The lowest BCUT2D eigenvalue weighted by molar-refractivity contribution is -0.138. The van der Waals surface area contributed by atoms with Crippen molar-refractivity contribution in [1.29, 1.82) is 0 Å². The number of carbonyl (C=O) groups is 1. The van der Waals surface area contributed by atoms with Gasteiger partial charge in [0.15, 0.2) is 5.75 Å². The SMILES string of the molecule is CC(C)(C)OC=O.Cc1nc(CC2CCNC(C)C2)ncc1OCc1ccccc1.Cl. The molecule has 1 aliphatic rings. The summed E-state index contributed by atoms with van der Waals surface area (Å²) in [6, 6.07) is 10.8. The first-order chi connectivity index (χ1) is 14.3. The third kappa shape index (κ3) is 10.6. The Morgan fingerprint density at radius 2 is 1.94 bits per heavy atom. The maximum absolute atomic E-state index is 9.60. The second kappa shape index (κ2) is 13.3. The van der Waals surface area contributed by atoms with E-state index in [1.807, 2.05) is 52.1 Å². The Morgan fingerprint density at radius 1 is 1.23 bits per heavy atom. The minimum absolute atomic E-state index is 0. The highest BCUT2D eigenvalue weighted by atomic mass is 35.5. The molecule has 2 unspecified atom stereocenters. The first kappa shape index (κ1) is 26.9. The summed E-state index contributed by atoms with van der Waals surface area (Å²) in [5.74, 6) is 2.40. The minimum Gasteiger partial charge on any atom is -0.485 e. The van der Waals surface area contributed by atoms with Gasteiger partial charge < -0.3 is 14.8 Å². The fourth-order valence-electron chi connectivity index (χ4n) is 3.30. The molecular weight excluding hydrogens is 414 g/mol. The normalized spacial score (nSPS) is 18.1. The maximum Gasteiger partial charge on any atom is 0.293 e. The van der Waals surface area contributed by atoms with Gasteiger partial charge in [-0.2, -0.15) is 0 Å². The fourth-order valence-corrected chi connectivity index (χ4v) is 3.30. The van der Waals surface area contributed by atoms with E-state index in [2.05, 4.69) is 39.1 Å². The number of hydrogen-bond acceptors (Lipinski definition) is 6. The fraction of sp³-hybridized carbons (Fsp3) is 0.542. The predicted octanol–water partition coefficient (Wildman–Crippen LogP) is 4.67. The van der Waals surface area contributed by atoms with Gasteiger partial charge in [-0.05, 0) is 65.5 Å². The lowest BCUT2D eigenvalue weighted by Gasteiger charge is -2.27. The summed E-state index contributed by atoms with van der Waals surface area (Å²) in [6.07, 6.45) is 5.20. The van der Waals surface area contributed by atoms with Crippen LogP contribution in [0.25, 0.3) is 0 Å². The van der Waals surface area contributed by atoms with Crippen LogP contribution >= 0.6 is 12.4 Å². The van der Waals surface area contributed by atoms with Crippen LogP contribution in [0.5, 0.6) is 5.75 Å². The maximum atomic E-state index is 9.60. The molecule has 2 aromatic rings. The second-order valence-corrected chi connectivity index (χ2v) is 8.79. The molecule has 1 aromatic carbocycles. The van der Waals surface area contributed by atoms with E-state index in [-0.39, 0.29) is 18.0 Å². The number of nitrogens with one attached hydrogen (secondary N) is 1. The number of ether oxygens (including phenoxy) is 2. The third-order valence-corrected chi connectivity index (χ3v) is 4.83. The molecule has 0 amide bonds. The molecule has 1 aliphatic heterocycles. The number of halogens is 1. The molecule has 31 heavy (non-hydrogen) atoms. The van der Waals surface area contributed by atoms with E-state index in [9.17, 15) is 4.79 Å². The number of carbonyl (C=O) groups excluding carboxylic acids is 1. The zero-order chi connectivity index (χ0) is 22.0. The number of nitrogens with zero attached hydrogens (tertiary/aromatic N) is 2. The Labute approximate surface area is 192 Å². The monoisotopic (exact) mass is 449 g/mol. The number of rotatable bonds is 6. The van der Waals surface area contributed by atoms with Crippen LogP contribution in [0.2, 0.25) is 0 Å². The molecule has 172 valence electrons. The van der Waals surface area contributed by atoms with Crippen molar-refractivity contribution in [3.8, 4) is 5.75 Å². The van der Waals surface area contributed by atoms with Crippen LogP contribution < -0.4 is 10.1 Å². The summed E-state index contributed by atoms with van der Waals surface area (Å²) < 4.78 is 10.4. The zero-order valence-corrected chi connectivity index (χ0v) is 20.1. The molecule has 6 nitrogen and oxygen atoms in total. The van der Waals surface area contributed by atoms with Gasteiger partial charge in [-0.15, -0.1) is 12.4 Å². The predicted molar refractivity (Wildman–Crippen MR) is 126 cm³/mol. The van der Waals surface area contributed by atoms with Crippen LogP contribution in [-0.2, 0) is 22.6 Å². The first-order valence-electron chi connectivity index (χ1n) is 10.6. The molecule has 2 heterocycles. The van der Waals surface area contributed by atoms with Crippen molar-refractivity contribution in [3.63, 3.8) is 0 Å². The van der Waals surface area contributed by atoms with Crippen LogP contribution in [0, 0.1) is 12.8 Å². The molecule has 1 N–H and O–H groups in total. The van der Waals surface area contributed by atoms with Gasteiger partial charge in [0, 0.05) is 12.5 Å². The summed E-state index contributed by atoms with van der Waals surface area (Å²) in [6.45, 7) is 11.8. The topological polar surface area (TPSA) is 73.3 Å². The summed E-state index contributed by atoms with van der Waals surface area (Å²) in [7, 11) is 0. The van der Waals surface area contributed by atoms with Gasteiger partial charge in [-0.3, -0.25) is 4.79 Å². The molecule has 1 aromatic heterocycles. The molecule has 0 radical (unpaired) electrons. The number of piperidine rings is 1. The number of aromatic nitrogens is 2. The Morgan fingerprint density at radius 3 is 2.48 bits per heavy atom. The zero-order valence-electron chi connectivity index (χ0n) is 19.3. The molecular formula is C24H36ClN3O3. The van der Waals surface area contributed by atoms with Gasteiger partial charge in [0.25, 0.3) is 6.47 Å². The quantitative estimate of drug-likeness (QED) is 0.646. The summed E-state index contributed by atoms with van der Waals surface area (Å²) in [5, 5.41) is 3.49. The Hall–Kier alpha value is -2.18. The van der Waals surface area contributed by atoms with E-state index in [0.29, 0.717) is 25.0 Å². The average molecular weight is 450 g/mol. The molecule has 0 spiro atoms. The van der Waals surface area contributed by atoms with E-state index >= 15 is 0 Å². The van der Waals surface area contributed by atoms with Crippen molar-refractivity contribution in [3.05, 3.63) is 53.6 Å². The van der Waals surface area contributed by atoms with Gasteiger partial charge in [-0.25, -0.2) is 9.97 Å². The van der Waals surface area contributed by atoms with Crippen LogP contribution in [0.4, 0.5) is 0 Å². The van der Waals surface area contributed by atoms with Crippen molar-refractivity contribution in [1.82, 2.24) is 15.3 Å². The Bertz CT molecular complexity index is 781. The summed E-state index contributed by atoms with van der Waals surface area (Å²) in [4.78, 5) is 18.8. The number of hydrogen-bond donors (Lipinski definition) is 1. The molecule has 1 saturated heterocycles. The molecule has 0 aliphatic carbocycles. The van der Waals surface area contributed by atoms with E-state index in [1.54, 1.807) is 0 Å². The van der Waals surface area contributed by atoms with Crippen molar-refractivity contribution in [2.24, 2.45) is 5.92 Å². The Kier molecular flexibility index (Phi) is 11.5. The van der Waals surface area contributed by atoms with E-state index < -0.39 is 0 Å². The lowest BCUT2D eigenvalue weighted by Crippen LogP contribution is -2.36. The smallest absolute Gasteiger partial charge is 0.293 e. The van der Waals surface area contributed by atoms with Crippen LogP contribution in [0.15, 0.2) is 36.5 Å².